The first-order valence-electron chi connectivity index (χ1n) is 9.93. The van der Waals surface area contributed by atoms with Crippen LogP contribution in [0.3, 0.4) is 0 Å². The van der Waals surface area contributed by atoms with Crippen molar-refractivity contribution in [3.05, 3.63) is 54.1 Å². The Labute approximate surface area is 160 Å². The standard InChI is InChI=1S/C21H28N4O2/c26-21(25-10-6-17(7-11-25)14-20-22-8-9-23-20)19-16-24(12-13-27-19)15-18-4-2-1-3-5-18/h1-5,8-9,17,19H,6-7,10-16H2,(H,22,23). The van der Waals surface area contributed by atoms with E-state index in [-0.39, 0.29) is 12.0 Å². The zero-order valence-electron chi connectivity index (χ0n) is 15.7. The summed E-state index contributed by atoms with van der Waals surface area (Å²) in [6.07, 6.45) is 6.38. The van der Waals surface area contributed by atoms with Gasteiger partial charge in [0.1, 0.15) is 11.9 Å². The molecule has 1 N–H and O–H groups in total. The third-order valence-corrected chi connectivity index (χ3v) is 5.64. The van der Waals surface area contributed by atoms with E-state index in [0.29, 0.717) is 19.1 Å². The first kappa shape index (κ1) is 18.2. The van der Waals surface area contributed by atoms with Gasteiger partial charge in [-0.05, 0) is 24.3 Å². The summed E-state index contributed by atoms with van der Waals surface area (Å²) in [4.78, 5) is 24.7. The van der Waals surface area contributed by atoms with Crippen LogP contribution >= 0.6 is 0 Å². The van der Waals surface area contributed by atoms with Gasteiger partial charge in [0.15, 0.2) is 0 Å². The molecule has 0 aliphatic carbocycles. The highest BCUT2D eigenvalue weighted by Gasteiger charge is 2.32. The highest BCUT2D eigenvalue weighted by molar-refractivity contribution is 5.81. The van der Waals surface area contributed by atoms with E-state index in [1.165, 1.54) is 5.56 Å². The SMILES string of the molecule is O=C(C1CN(Cc2ccccc2)CCO1)N1CCC(Cc2ncc[nH]2)CC1. The molecule has 2 aliphatic heterocycles. The fraction of sp³-hybridized carbons (Fsp3) is 0.524. The number of rotatable bonds is 5. The number of benzene rings is 1. The Morgan fingerprint density at radius 3 is 2.74 bits per heavy atom. The minimum Gasteiger partial charge on any atom is -0.366 e. The van der Waals surface area contributed by atoms with Crippen LogP contribution in [0.15, 0.2) is 42.7 Å². The minimum absolute atomic E-state index is 0.157. The molecule has 2 saturated heterocycles. The molecule has 2 aromatic rings. The molecule has 6 nitrogen and oxygen atoms in total. The molecule has 1 aromatic heterocycles. The van der Waals surface area contributed by atoms with Crippen molar-refractivity contribution in [3.63, 3.8) is 0 Å². The monoisotopic (exact) mass is 368 g/mol. The Morgan fingerprint density at radius 1 is 1.19 bits per heavy atom. The molecular weight excluding hydrogens is 340 g/mol. The molecule has 1 atom stereocenters. The van der Waals surface area contributed by atoms with Crippen molar-refractivity contribution in [2.75, 3.05) is 32.8 Å². The molecule has 1 amide bonds. The molecule has 2 fully saturated rings. The second-order valence-electron chi connectivity index (χ2n) is 7.59. The summed E-state index contributed by atoms with van der Waals surface area (Å²) in [6, 6.07) is 10.4. The normalized spacial score (nSPS) is 22.1. The minimum atomic E-state index is -0.330. The summed E-state index contributed by atoms with van der Waals surface area (Å²) in [5.41, 5.74) is 1.28. The molecule has 0 bridgehead atoms. The van der Waals surface area contributed by atoms with Crippen LogP contribution in [0, 0.1) is 5.92 Å². The molecule has 0 spiro atoms. The van der Waals surface area contributed by atoms with Gasteiger partial charge in [0, 0.05) is 51.5 Å². The van der Waals surface area contributed by atoms with Gasteiger partial charge in [-0.1, -0.05) is 30.3 Å². The molecule has 0 saturated carbocycles. The number of aromatic nitrogens is 2. The highest BCUT2D eigenvalue weighted by Crippen LogP contribution is 2.22. The summed E-state index contributed by atoms with van der Waals surface area (Å²) >= 11 is 0. The Balaban J connectivity index is 1.26. The summed E-state index contributed by atoms with van der Waals surface area (Å²) in [5, 5.41) is 0. The lowest BCUT2D eigenvalue weighted by molar-refractivity contribution is -0.151. The smallest absolute Gasteiger partial charge is 0.253 e. The maximum absolute atomic E-state index is 12.9. The Kier molecular flexibility index (Phi) is 5.84. The van der Waals surface area contributed by atoms with Crippen molar-refractivity contribution in [1.82, 2.24) is 19.8 Å². The van der Waals surface area contributed by atoms with Gasteiger partial charge in [-0.2, -0.15) is 0 Å². The van der Waals surface area contributed by atoms with Gasteiger partial charge < -0.3 is 14.6 Å². The lowest BCUT2D eigenvalue weighted by atomic mass is 9.93. The number of morpholine rings is 1. The number of amides is 1. The fourth-order valence-corrected chi connectivity index (χ4v) is 4.08. The van der Waals surface area contributed by atoms with Crippen molar-refractivity contribution in [1.29, 1.82) is 0 Å². The first-order valence-corrected chi connectivity index (χ1v) is 9.93. The van der Waals surface area contributed by atoms with Gasteiger partial charge in [0.05, 0.1) is 6.61 Å². The summed E-state index contributed by atoms with van der Waals surface area (Å²) in [6.45, 7) is 4.70. The van der Waals surface area contributed by atoms with Crippen molar-refractivity contribution < 1.29 is 9.53 Å². The number of carbonyl (C=O) groups is 1. The number of imidazole rings is 1. The number of piperidine rings is 1. The molecule has 27 heavy (non-hydrogen) atoms. The third kappa shape index (κ3) is 4.76. The summed E-state index contributed by atoms with van der Waals surface area (Å²) < 4.78 is 5.83. The second-order valence-corrected chi connectivity index (χ2v) is 7.59. The van der Waals surface area contributed by atoms with E-state index >= 15 is 0 Å². The highest BCUT2D eigenvalue weighted by atomic mass is 16.5. The molecule has 144 valence electrons. The van der Waals surface area contributed by atoms with Gasteiger partial charge in [-0.3, -0.25) is 9.69 Å². The molecule has 4 rings (SSSR count). The molecule has 3 heterocycles. The number of nitrogens with one attached hydrogen (secondary N) is 1. The van der Waals surface area contributed by atoms with Crippen molar-refractivity contribution in [2.24, 2.45) is 5.92 Å². The Morgan fingerprint density at radius 2 is 2.00 bits per heavy atom. The topological polar surface area (TPSA) is 61.5 Å². The van der Waals surface area contributed by atoms with Gasteiger partial charge in [0.25, 0.3) is 5.91 Å². The van der Waals surface area contributed by atoms with Crippen molar-refractivity contribution in [3.8, 4) is 0 Å². The fourth-order valence-electron chi connectivity index (χ4n) is 4.08. The maximum Gasteiger partial charge on any atom is 0.253 e. The van der Waals surface area contributed by atoms with E-state index in [4.69, 9.17) is 4.74 Å². The van der Waals surface area contributed by atoms with Crippen LogP contribution in [0.5, 0.6) is 0 Å². The predicted octanol–water partition coefficient (Wildman–Crippen LogP) is 2.09. The van der Waals surface area contributed by atoms with Crippen LogP contribution in [-0.2, 0) is 22.5 Å². The average molecular weight is 368 g/mol. The third-order valence-electron chi connectivity index (χ3n) is 5.64. The zero-order chi connectivity index (χ0) is 18.5. The lowest BCUT2D eigenvalue weighted by Crippen LogP contribution is -2.52. The summed E-state index contributed by atoms with van der Waals surface area (Å²) in [7, 11) is 0. The first-order chi connectivity index (χ1) is 13.3. The van der Waals surface area contributed by atoms with Crippen LogP contribution in [0.1, 0.15) is 24.2 Å². The number of likely N-dealkylation sites (tertiary alicyclic amines) is 1. The van der Waals surface area contributed by atoms with Crippen LogP contribution in [-0.4, -0.2) is 64.6 Å². The number of carbonyl (C=O) groups excluding carboxylic acids is 1. The number of nitrogens with zero attached hydrogens (tertiary/aromatic N) is 3. The van der Waals surface area contributed by atoms with Gasteiger partial charge in [-0.25, -0.2) is 4.98 Å². The zero-order valence-corrected chi connectivity index (χ0v) is 15.7. The van der Waals surface area contributed by atoms with Crippen LogP contribution in [0.25, 0.3) is 0 Å². The molecule has 1 aromatic carbocycles. The number of aromatic amines is 1. The van der Waals surface area contributed by atoms with Crippen LogP contribution in [0.4, 0.5) is 0 Å². The second kappa shape index (κ2) is 8.67. The molecule has 6 heteroatoms. The largest absolute Gasteiger partial charge is 0.366 e. The number of ether oxygens (including phenoxy) is 1. The van der Waals surface area contributed by atoms with Crippen molar-refractivity contribution in [2.45, 2.75) is 31.9 Å². The lowest BCUT2D eigenvalue weighted by Gasteiger charge is -2.37. The average Bonchev–Trinajstić information content (AvgIpc) is 3.22. The van der Waals surface area contributed by atoms with E-state index < -0.39 is 0 Å². The molecule has 2 aliphatic rings. The van der Waals surface area contributed by atoms with Crippen molar-refractivity contribution >= 4 is 5.91 Å². The van der Waals surface area contributed by atoms with Crippen LogP contribution in [0.2, 0.25) is 0 Å². The van der Waals surface area contributed by atoms with E-state index in [2.05, 4.69) is 39.1 Å². The number of hydrogen-bond acceptors (Lipinski definition) is 4. The Bertz CT molecular complexity index is 711. The van der Waals surface area contributed by atoms with Gasteiger partial charge >= 0.3 is 0 Å². The molecule has 0 radical (unpaired) electrons. The van der Waals surface area contributed by atoms with Gasteiger partial charge in [0.2, 0.25) is 0 Å². The molecule has 1 unspecified atom stereocenters. The van der Waals surface area contributed by atoms with E-state index in [9.17, 15) is 4.79 Å². The summed E-state index contributed by atoms with van der Waals surface area (Å²) in [5.74, 6) is 1.80. The van der Waals surface area contributed by atoms with Gasteiger partial charge in [-0.15, -0.1) is 0 Å². The Hall–Kier alpha value is -2.18. The number of hydrogen-bond donors (Lipinski definition) is 1. The quantitative estimate of drug-likeness (QED) is 0.878. The number of H-pyrrole nitrogens is 1. The maximum atomic E-state index is 12.9. The molecular formula is C21H28N4O2. The van der Waals surface area contributed by atoms with Crippen LogP contribution < -0.4 is 0 Å². The van der Waals surface area contributed by atoms with E-state index in [0.717, 1.165) is 51.3 Å². The predicted molar refractivity (Wildman–Crippen MR) is 103 cm³/mol. The van der Waals surface area contributed by atoms with E-state index in [1.807, 2.05) is 17.2 Å². The van der Waals surface area contributed by atoms with E-state index in [1.54, 1.807) is 6.20 Å².